The third kappa shape index (κ3) is 4.72. The van der Waals surface area contributed by atoms with Gasteiger partial charge in [0.15, 0.2) is 0 Å². The number of aryl methyl sites for hydroxylation is 1. The van der Waals surface area contributed by atoms with Gasteiger partial charge in [-0.3, -0.25) is 4.79 Å². The molecule has 3 saturated carbocycles. The molecule has 0 spiro atoms. The molecule has 3 aromatic heterocycles. The van der Waals surface area contributed by atoms with Gasteiger partial charge in [-0.2, -0.15) is 8.78 Å². The maximum atomic E-state index is 15.2. The Hall–Kier alpha value is -3.95. The molecule has 3 aliphatic carbocycles. The van der Waals surface area contributed by atoms with E-state index in [1.165, 1.54) is 12.1 Å². The highest BCUT2D eigenvalue weighted by Gasteiger charge is 2.46. The van der Waals surface area contributed by atoms with E-state index in [2.05, 4.69) is 19.7 Å². The molecule has 3 heterocycles. The van der Waals surface area contributed by atoms with Crippen molar-refractivity contribution in [1.82, 2.24) is 19.4 Å². The molecular weight excluding hydrogens is 509 g/mol. The maximum Gasteiger partial charge on any atom is 0.387 e. The fourth-order valence-corrected chi connectivity index (χ4v) is 6.42. The molecule has 4 unspecified atom stereocenters. The Balaban J connectivity index is 1.30. The normalized spacial score (nSPS) is 22.5. The number of alkyl halides is 2. The number of halogens is 3. The fourth-order valence-electron chi connectivity index (χ4n) is 6.42. The maximum absolute atomic E-state index is 15.2. The van der Waals surface area contributed by atoms with Gasteiger partial charge in [0.25, 0.3) is 0 Å². The van der Waals surface area contributed by atoms with Gasteiger partial charge in [-0.1, -0.05) is 18.2 Å². The number of para-hydroxylation sites is 1. The zero-order chi connectivity index (χ0) is 27.3. The molecule has 3 fully saturated rings. The Morgan fingerprint density at radius 3 is 2.59 bits per heavy atom. The Labute approximate surface area is 222 Å². The van der Waals surface area contributed by atoms with Crippen LogP contribution in [0.5, 0.6) is 5.75 Å². The molecule has 1 aromatic carbocycles. The van der Waals surface area contributed by atoms with Crippen LogP contribution in [-0.2, 0) is 11.2 Å². The number of ether oxygens (including phenoxy) is 1. The third-order valence-electron chi connectivity index (χ3n) is 8.35. The zero-order valence-corrected chi connectivity index (χ0v) is 21.2. The Bertz CT molecular complexity index is 1540. The van der Waals surface area contributed by atoms with Crippen LogP contribution in [0.25, 0.3) is 16.8 Å². The lowest BCUT2D eigenvalue weighted by Crippen LogP contribution is -2.40. The molecule has 0 amide bonds. The molecule has 7 nitrogen and oxygen atoms in total. The zero-order valence-electron chi connectivity index (χ0n) is 21.2. The number of nitrogens with zero attached hydrogens (tertiary/aromatic N) is 4. The number of aliphatic carboxylic acids is 1. The van der Waals surface area contributed by atoms with E-state index in [1.807, 2.05) is 0 Å². The number of carboxylic acid groups (broad SMARTS) is 1. The molecule has 3 aliphatic rings. The lowest BCUT2D eigenvalue weighted by molar-refractivity contribution is -0.148. The molecule has 4 atom stereocenters. The number of benzene rings is 1. The lowest BCUT2D eigenvalue weighted by atomic mass is 9.59. The van der Waals surface area contributed by atoms with Crippen LogP contribution in [0.4, 0.5) is 13.2 Å². The monoisotopic (exact) mass is 536 g/mol. The fraction of sp³-hybridized carbons (Fsp3) is 0.379. The lowest BCUT2D eigenvalue weighted by Gasteiger charge is -2.45. The number of rotatable bonds is 7. The summed E-state index contributed by atoms with van der Waals surface area (Å²) in [6.07, 6.45) is 8.42. The van der Waals surface area contributed by atoms with Crippen LogP contribution < -0.4 is 4.74 Å². The summed E-state index contributed by atoms with van der Waals surface area (Å²) in [7, 11) is 0. The summed E-state index contributed by atoms with van der Waals surface area (Å²) >= 11 is 0. The summed E-state index contributed by atoms with van der Waals surface area (Å²) in [5.41, 5.74) is 3.13. The van der Waals surface area contributed by atoms with Crippen molar-refractivity contribution in [1.29, 1.82) is 0 Å². The van der Waals surface area contributed by atoms with Crippen LogP contribution in [0.1, 0.15) is 54.4 Å². The standard InChI is InChI=1S/C29H27F3N4O3/c1-15-24(10-18-4-2-3-5-25(18)39-29(31)32)36-14-22(23(30)11-26(36)35-15)19-12-33-27(34-13-19)20-8-17-7-6-16(20)9-21(17)28(37)38/h2-5,11-14,16-17,20-21,29H,6-10H2,1H3,(H,37,38). The average Bonchev–Trinajstić information content (AvgIpc) is 3.22. The summed E-state index contributed by atoms with van der Waals surface area (Å²) in [6.45, 7) is -1.15. The van der Waals surface area contributed by atoms with Gasteiger partial charge in [-0.25, -0.2) is 19.3 Å². The molecular formula is C29H27F3N4O3. The minimum Gasteiger partial charge on any atom is -0.481 e. The number of imidazole rings is 1. The van der Waals surface area contributed by atoms with E-state index in [0.717, 1.165) is 25.0 Å². The van der Waals surface area contributed by atoms with Crippen molar-refractivity contribution in [3.63, 3.8) is 0 Å². The van der Waals surface area contributed by atoms with E-state index in [9.17, 15) is 18.7 Å². The summed E-state index contributed by atoms with van der Waals surface area (Å²) in [5.74, 6) is -0.237. The largest absolute Gasteiger partial charge is 0.481 e. The molecule has 4 aromatic rings. The van der Waals surface area contributed by atoms with Crippen LogP contribution in [-0.4, -0.2) is 37.0 Å². The molecule has 7 rings (SSSR count). The van der Waals surface area contributed by atoms with Crippen molar-refractivity contribution in [2.45, 2.75) is 51.6 Å². The molecule has 0 radical (unpaired) electrons. The second-order valence-corrected chi connectivity index (χ2v) is 10.5. The second kappa shape index (κ2) is 9.98. The van der Waals surface area contributed by atoms with E-state index in [1.54, 1.807) is 48.1 Å². The van der Waals surface area contributed by atoms with Gasteiger partial charge in [-0.05, 0) is 50.5 Å². The molecule has 1 N–H and O–H groups in total. The smallest absolute Gasteiger partial charge is 0.387 e. The first kappa shape index (κ1) is 25.3. The highest BCUT2D eigenvalue weighted by atomic mass is 19.3. The Morgan fingerprint density at radius 1 is 1.15 bits per heavy atom. The number of carboxylic acids is 1. The van der Waals surface area contributed by atoms with Crippen molar-refractivity contribution < 1.29 is 27.8 Å². The van der Waals surface area contributed by atoms with Crippen LogP contribution in [0.2, 0.25) is 0 Å². The van der Waals surface area contributed by atoms with E-state index >= 15 is 4.39 Å². The molecule has 39 heavy (non-hydrogen) atoms. The summed E-state index contributed by atoms with van der Waals surface area (Å²) in [4.78, 5) is 25.2. The van der Waals surface area contributed by atoms with Crippen molar-refractivity contribution in [2.24, 2.45) is 17.8 Å². The number of fused-ring (bicyclic) bond motifs is 4. The first-order valence-corrected chi connectivity index (χ1v) is 13.0. The number of carbonyl (C=O) groups is 1. The van der Waals surface area contributed by atoms with Crippen molar-refractivity contribution in [3.05, 3.63) is 77.5 Å². The van der Waals surface area contributed by atoms with Crippen molar-refractivity contribution in [2.75, 3.05) is 0 Å². The third-order valence-corrected chi connectivity index (χ3v) is 8.35. The molecule has 202 valence electrons. The van der Waals surface area contributed by atoms with E-state index in [0.29, 0.717) is 40.3 Å². The first-order chi connectivity index (χ1) is 18.8. The highest BCUT2D eigenvalue weighted by molar-refractivity contribution is 5.71. The predicted molar refractivity (Wildman–Crippen MR) is 136 cm³/mol. The summed E-state index contributed by atoms with van der Waals surface area (Å²) < 4.78 is 47.5. The average molecular weight is 537 g/mol. The molecule has 10 heteroatoms. The van der Waals surface area contributed by atoms with Crippen LogP contribution >= 0.6 is 0 Å². The van der Waals surface area contributed by atoms with Gasteiger partial charge in [0.05, 0.1) is 11.6 Å². The quantitative estimate of drug-likeness (QED) is 0.310. The number of hydrogen-bond acceptors (Lipinski definition) is 5. The first-order valence-electron chi connectivity index (χ1n) is 13.0. The van der Waals surface area contributed by atoms with E-state index in [4.69, 9.17) is 0 Å². The number of aromatic nitrogens is 4. The number of pyridine rings is 1. The molecule has 0 aliphatic heterocycles. The van der Waals surface area contributed by atoms with Gasteiger partial charge >= 0.3 is 12.6 Å². The van der Waals surface area contributed by atoms with Crippen LogP contribution in [0, 0.1) is 30.5 Å². The van der Waals surface area contributed by atoms with E-state index < -0.39 is 18.4 Å². The number of hydrogen-bond donors (Lipinski definition) is 1. The van der Waals surface area contributed by atoms with Gasteiger partial charge < -0.3 is 14.2 Å². The minimum absolute atomic E-state index is 0.0827. The minimum atomic E-state index is -2.94. The van der Waals surface area contributed by atoms with Crippen molar-refractivity contribution in [3.8, 4) is 16.9 Å². The van der Waals surface area contributed by atoms with Gasteiger partial charge in [-0.15, -0.1) is 0 Å². The van der Waals surface area contributed by atoms with Gasteiger partial charge in [0.2, 0.25) is 0 Å². The highest BCUT2D eigenvalue weighted by Crippen LogP contribution is 2.51. The van der Waals surface area contributed by atoms with Crippen LogP contribution in [0.3, 0.4) is 0 Å². The van der Waals surface area contributed by atoms with Gasteiger partial charge in [0, 0.05) is 59.4 Å². The Kier molecular flexibility index (Phi) is 6.48. The summed E-state index contributed by atoms with van der Waals surface area (Å²) in [5, 5.41) is 9.52. The molecule has 0 saturated heterocycles. The molecule has 2 bridgehead atoms. The van der Waals surface area contributed by atoms with Crippen molar-refractivity contribution >= 4 is 11.6 Å². The Morgan fingerprint density at radius 2 is 1.90 bits per heavy atom. The second-order valence-electron chi connectivity index (χ2n) is 10.5. The predicted octanol–water partition coefficient (Wildman–Crippen LogP) is 6.04. The topological polar surface area (TPSA) is 89.6 Å². The van der Waals surface area contributed by atoms with Gasteiger partial charge in [0.1, 0.15) is 23.0 Å². The summed E-state index contributed by atoms with van der Waals surface area (Å²) in [6, 6.07) is 7.92. The van der Waals surface area contributed by atoms with Crippen LogP contribution in [0.15, 0.2) is 48.9 Å². The SMILES string of the molecule is Cc1nc2cc(F)c(-c3cnc(C4CC5CCC4CC5C(=O)O)nc3)cn2c1Cc1ccccc1OC(F)F. The van der Waals surface area contributed by atoms with E-state index in [-0.39, 0.29) is 35.8 Å².